The minimum atomic E-state index is -0.188. The van der Waals surface area contributed by atoms with Crippen LogP contribution in [0.4, 0.5) is 10.3 Å². The van der Waals surface area contributed by atoms with Crippen LogP contribution in [0.25, 0.3) is 22.5 Å². The van der Waals surface area contributed by atoms with Crippen LogP contribution in [0, 0.1) is 0 Å². The van der Waals surface area contributed by atoms with Crippen molar-refractivity contribution in [3.8, 4) is 34.0 Å². The van der Waals surface area contributed by atoms with Gasteiger partial charge in [-0.2, -0.15) is 0 Å². The number of anilines is 2. The van der Waals surface area contributed by atoms with Crippen molar-refractivity contribution in [1.29, 1.82) is 0 Å². The SMILES string of the molecule is COc1ccc(-c2csc(NC(=O)CSc3nnc(SCC(=O)Nc4nc(-c5ccc(OC)cc5)cs4)s3)n2)cc1. The van der Waals surface area contributed by atoms with Crippen LogP contribution in [0.15, 0.2) is 68.0 Å². The molecule has 210 valence electrons. The summed E-state index contributed by atoms with van der Waals surface area (Å²) in [6, 6.07) is 15.1. The molecule has 0 radical (unpaired) electrons. The van der Waals surface area contributed by atoms with E-state index in [1.165, 1.54) is 57.5 Å². The van der Waals surface area contributed by atoms with Crippen LogP contribution in [0.5, 0.6) is 11.5 Å². The maximum atomic E-state index is 12.4. The normalized spacial score (nSPS) is 10.8. The van der Waals surface area contributed by atoms with Crippen LogP contribution in [0.3, 0.4) is 0 Å². The summed E-state index contributed by atoms with van der Waals surface area (Å²) in [7, 11) is 3.24. The predicted molar refractivity (Wildman–Crippen MR) is 167 cm³/mol. The van der Waals surface area contributed by atoms with Crippen molar-refractivity contribution in [1.82, 2.24) is 20.2 Å². The molecule has 0 atom stereocenters. The van der Waals surface area contributed by atoms with E-state index in [9.17, 15) is 9.59 Å². The number of carbonyl (C=O) groups is 2. The Balaban J connectivity index is 1.04. The van der Waals surface area contributed by atoms with Gasteiger partial charge in [0.2, 0.25) is 11.8 Å². The van der Waals surface area contributed by atoms with E-state index in [1.807, 2.05) is 59.3 Å². The number of nitrogens with one attached hydrogen (secondary N) is 2. The lowest BCUT2D eigenvalue weighted by Gasteiger charge is -2.01. The Hall–Kier alpha value is -3.50. The number of methoxy groups -OCH3 is 2. The second-order valence-corrected chi connectivity index (χ2v) is 13.2. The molecule has 0 spiro atoms. The summed E-state index contributed by atoms with van der Waals surface area (Å²) in [5.41, 5.74) is 3.44. The second kappa shape index (κ2) is 13.9. The van der Waals surface area contributed by atoms with Crippen molar-refractivity contribution < 1.29 is 19.1 Å². The van der Waals surface area contributed by atoms with Crippen LogP contribution < -0.4 is 20.1 Å². The molecular formula is C26H22N6O4S5. The summed E-state index contributed by atoms with van der Waals surface area (Å²) >= 11 is 6.62. The van der Waals surface area contributed by atoms with Gasteiger partial charge in [0.15, 0.2) is 18.9 Å². The number of ether oxygens (including phenoxy) is 2. The number of benzene rings is 2. The Morgan fingerprint density at radius 2 is 1.12 bits per heavy atom. The van der Waals surface area contributed by atoms with E-state index in [4.69, 9.17) is 9.47 Å². The first kappa shape index (κ1) is 29.0. The molecule has 3 aromatic heterocycles. The summed E-state index contributed by atoms with van der Waals surface area (Å²) in [5.74, 6) is 1.49. The molecule has 0 aliphatic carbocycles. The molecule has 10 nitrogen and oxygen atoms in total. The van der Waals surface area contributed by atoms with Crippen LogP contribution in [-0.4, -0.2) is 57.7 Å². The van der Waals surface area contributed by atoms with Crippen molar-refractivity contribution in [2.24, 2.45) is 0 Å². The topological polar surface area (TPSA) is 128 Å². The van der Waals surface area contributed by atoms with Gasteiger partial charge in [-0.05, 0) is 48.5 Å². The van der Waals surface area contributed by atoms with E-state index in [0.717, 1.165) is 34.0 Å². The van der Waals surface area contributed by atoms with Crippen molar-refractivity contribution in [2.75, 3.05) is 36.4 Å². The van der Waals surface area contributed by atoms with Gasteiger partial charge in [0.25, 0.3) is 0 Å². The third kappa shape index (κ3) is 8.04. The van der Waals surface area contributed by atoms with Crippen molar-refractivity contribution in [3.05, 3.63) is 59.3 Å². The summed E-state index contributed by atoms with van der Waals surface area (Å²) in [4.78, 5) is 33.9. The van der Waals surface area contributed by atoms with Crippen molar-refractivity contribution in [2.45, 2.75) is 8.68 Å². The molecule has 0 saturated carbocycles. The van der Waals surface area contributed by atoms with Crippen LogP contribution in [0.1, 0.15) is 0 Å². The molecule has 5 rings (SSSR count). The van der Waals surface area contributed by atoms with Gasteiger partial charge < -0.3 is 20.1 Å². The lowest BCUT2D eigenvalue weighted by Crippen LogP contribution is -2.13. The van der Waals surface area contributed by atoms with E-state index in [0.29, 0.717) is 18.9 Å². The molecule has 2 N–H and O–H groups in total. The number of rotatable bonds is 12. The highest BCUT2D eigenvalue weighted by atomic mass is 32.2. The zero-order valence-electron chi connectivity index (χ0n) is 21.7. The molecule has 0 unspecified atom stereocenters. The molecular weight excluding hydrogens is 621 g/mol. The number of aromatic nitrogens is 4. The van der Waals surface area contributed by atoms with Gasteiger partial charge in [0, 0.05) is 21.9 Å². The minimum absolute atomic E-state index is 0.164. The average molecular weight is 643 g/mol. The number of amides is 2. The zero-order valence-corrected chi connectivity index (χ0v) is 25.7. The maximum absolute atomic E-state index is 12.4. The predicted octanol–water partition coefficient (Wildman–Crippen LogP) is 6.26. The second-order valence-electron chi connectivity index (χ2n) is 8.04. The Morgan fingerprint density at radius 3 is 1.51 bits per heavy atom. The molecule has 2 amide bonds. The van der Waals surface area contributed by atoms with Gasteiger partial charge in [-0.3, -0.25) is 9.59 Å². The van der Waals surface area contributed by atoms with Crippen molar-refractivity contribution in [3.63, 3.8) is 0 Å². The highest BCUT2D eigenvalue weighted by molar-refractivity contribution is 8.03. The first-order chi connectivity index (χ1) is 20.0. The largest absolute Gasteiger partial charge is 0.497 e. The summed E-state index contributed by atoms with van der Waals surface area (Å²) < 4.78 is 11.7. The Labute approximate surface area is 256 Å². The summed E-state index contributed by atoms with van der Waals surface area (Å²) in [6.07, 6.45) is 0. The summed E-state index contributed by atoms with van der Waals surface area (Å²) in [5, 5.41) is 18.7. The Morgan fingerprint density at radius 1 is 0.707 bits per heavy atom. The zero-order chi connectivity index (χ0) is 28.6. The third-order valence-electron chi connectivity index (χ3n) is 5.31. The lowest BCUT2D eigenvalue weighted by atomic mass is 10.2. The minimum Gasteiger partial charge on any atom is -0.497 e. The number of thiazole rings is 2. The van der Waals surface area contributed by atoms with Gasteiger partial charge >= 0.3 is 0 Å². The van der Waals surface area contributed by atoms with Crippen molar-refractivity contribution >= 4 is 79.6 Å². The highest BCUT2D eigenvalue weighted by Gasteiger charge is 2.14. The van der Waals surface area contributed by atoms with E-state index in [2.05, 4.69) is 30.8 Å². The van der Waals surface area contributed by atoms with E-state index < -0.39 is 0 Å². The molecule has 0 saturated heterocycles. The number of hydrogen-bond donors (Lipinski definition) is 2. The molecule has 2 aromatic carbocycles. The highest BCUT2D eigenvalue weighted by Crippen LogP contribution is 2.31. The third-order valence-corrected chi connectivity index (χ3v) is 10.0. The molecule has 3 heterocycles. The maximum Gasteiger partial charge on any atom is 0.236 e. The van der Waals surface area contributed by atoms with E-state index >= 15 is 0 Å². The molecule has 15 heteroatoms. The summed E-state index contributed by atoms with van der Waals surface area (Å²) in [6.45, 7) is 0. The average Bonchev–Trinajstić information content (AvgIpc) is 3.77. The quantitative estimate of drug-likeness (QED) is 0.150. The van der Waals surface area contributed by atoms with E-state index in [1.54, 1.807) is 14.2 Å². The fourth-order valence-electron chi connectivity index (χ4n) is 3.33. The van der Waals surface area contributed by atoms with E-state index in [-0.39, 0.29) is 23.3 Å². The first-order valence-electron chi connectivity index (χ1n) is 11.9. The fourth-order valence-corrected chi connectivity index (χ4v) is 7.42. The number of carbonyl (C=O) groups excluding carboxylic acids is 2. The number of thioether (sulfide) groups is 2. The van der Waals surface area contributed by atoms with Gasteiger partial charge in [0.1, 0.15) is 11.5 Å². The Kier molecular flexibility index (Phi) is 9.84. The van der Waals surface area contributed by atoms with Gasteiger partial charge in [0.05, 0.1) is 37.1 Å². The lowest BCUT2D eigenvalue weighted by molar-refractivity contribution is -0.114. The monoisotopic (exact) mass is 642 g/mol. The fraction of sp³-hybridized carbons (Fsp3) is 0.154. The molecule has 0 bridgehead atoms. The van der Waals surface area contributed by atoms with Crippen LogP contribution >= 0.6 is 57.5 Å². The Bertz CT molecular complexity index is 1500. The van der Waals surface area contributed by atoms with Crippen LogP contribution in [-0.2, 0) is 9.59 Å². The molecule has 0 aliphatic rings. The van der Waals surface area contributed by atoms with Gasteiger partial charge in [-0.25, -0.2) is 9.97 Å². The number of hydrogen-bond acceptors (Lipinski definition) is 13. The number of nitrogens with zero attached hydrogens (tertiary/aromatic N) is 4. The smallest absolute Gasteiger partial charge is 0.236 e. The molecule has 41 heavy (non-hydrogen) atoms. The van der Waals surface area contributed by atoms with Gasteiger partial charge in [-0.15, -0.1) is 32.9 Å². The van der Waals surface area contributed by atoms with Crippen LogP contribution in [0.2, 0.25) is 0 Å². The molecule has 0 aliphatic heterocycles. The standard InChI is InChI=1S/C26H22N6O4S5/c1-35-17-7-3-15(4-8-17)19-11-37-23(27-19)29-21(33)13-39-25-31-32-26(41-25)40-14-22(34)30-24-28-20(12-38-24)16-5-9-18(36-2)10-6-16/h3-12H,13-14H2,1-2H3,(H,27,29,33)(H,28,30,34). The first-order valence-corrected chi connectivity index (χ1v) is 16.4. The molecule has 0 fully saturated rings. The molecule has 5 aromatic rings. The van der Waals surface area contributed by atoms with Gasteiger partial charge in [-0.1, -0.05) is 34.9 Å².